The fourth-order valence-electron chi connectivity index (χ4n) is 2.62. The molecule has 0 aromatic carbocycles. The van der Waals surface area contributed by atoms with Crippen LogP contribution in [0.5, 0.6) is 0 Å². The number of nitrogens with zero attached hydrogens (tertiary/aromatic N) is 1. The van der Waals surface area contributed by atoms with Gasteiger partial charge in [0.1, 0.15) is 0 Å². The lowest BCUT2D eigenvalue weighted by Crippen LogP contribution is -2.35. The molecule has 1 saturated carbocycles. The van der Waals surface area contributed by atoms with Crippen molar-refractivity contribution in [3.05, 3.63) is 22.4 Å². The maximum absolute atomic E-state index is 12.5. The molecule has 0 bridgehead atoms. The molecule has 20 heavy (non-hydrogen) atoms. The third-order valence-electron chi connectivity index (χ3n) is 3.97. The van der Waals surface area contributed by atoms with Crippen LogP contribution in [0.2, 0.25) is 0 Å². The third-order valence-corrected chi connectivity index (χ3v) is 6.06. The standard InChI is InChI=1S/C15H22N2OS2/c18-15(11-20-14-3-6-16-7-4-14)17(13-1-2-13)9-12-5-8-19-10-12/h5,8,10,13-14,16H,1-4,6-7,9,11H2. The van der Waals surface area contributed by atoms with E-state index in [9.17, 15) is 4.79 Å². The lowest BCUT2D eigenvalue weighted by molar-refractivity contribution is -0.129. The van der Waals surface area contributed by atoms with Gasteiger partial charge in [0, 0.05) is 17.8 Å². The lowest BCUT2D eigenvalue weighted by atomic mass is 10.2. The second kappa shape index (κ2) is 6.96. The number of thiophene rings is 1. The Bertz CT molecular complexity index is 425. The summed E-state index contributed by atoms with van der Waals surface area (Å²) in [4.78, 5) is 14.6. The third kappa shape index (κ3) is 3.99. The zero-order valence-corrected chi connectivity index (χ0v) is 13.3. The molecule has 110 valence electrons. The zero-order chi connectivity index (χ0) is 13.8. The predicted octanol–water partition coefficient (Wildman–Crippen LogP) is 2.72. The van der Waals surface area contributed by atoms with Crippen molar-refractivity contribution in [2.75, 3.05) is 18.8 Å². The van der Waals surface area contributed by atoms with Crippen LogP contribution < -0.4 is 5.32 Å². The smallest absolute Gasteiger partial charge is 0.233 e. The molecule has 0 spiro atoms. The first-order valence-corrected chi connectivity index (χ1v) is 9.45. The van der Waals surface area contributed by atoms with Crippen LogP contribution in [0.3, 0.4) is 0 Å². The Morgan fingerprint density at radius 2 is 2.15 bits per heavy atom. The Hall–Kier alpha value is -0.520. The molecule has 0 radical (unpaired) electrons. The molecule has 0 atom stereocenters. The highest BCUT2D eigenvalue weighted by atomic mass is 32.2. The van der Waals surface area contributed by atoms with Gasteiger partial charge in [0.15, 0.2) is 0 Å². The van der Waals surface area contributed by atoms with Gasteiger partial charge in [-0.15, -0.1) is 11.8 Å². The van der Waals surface area contributed by atoms with Crippen LogP contribution in [0, 0.1) is 0 Å². The van der Waals surface area contributed by atoms with Crippen LogP contribution in [-0.2, 0) is 11.3 Å². The normalized spacial score (nSPS) is 20.0. The lowest BCUT2D eigenvalue weighted by Gasteiger charge is -2.25. The molecule has 0 unspecified atom stereocenters. The van der Waals surface area contributed by atoms with E-state index in [0.717, 1.165) is 19.6 Å². The summed E-state index contributed by atoms with van der Waals surface area (Å²) in [5, 5.41) is 8.29. The second-order valence-electron chi connectivity index (χ2n) is 5.64. The molecule has 1 aliphatic heterocycles. The quantitative estimate of drug-likeness (QED) is 0.877. The summed E-state index contributed by atoms with van der Waals surface area (Å²) >= 11 is 3.57. The Kier molecular flexibility index (Phi) is 5.02. The fraction of sp³-hybridized carbons (Fsp3) is 0.667. The molecule has 1 amide bonds. The molecule has 3 rings (SSSR count). The molecule has 1 aromatic heterocycles. The van der Waals surface area contributed by atoms with Crippen molar-refractivity contribution in [1.29, 1.82) is 0 Å². The molecule has 1 aromatic rings. The van der Waals surface area contributed by atoms with Crippen molar-refractivity contribution in [3.8, 4) is 0 Å². The van der Waals surface area contributed by atoms with Crippen molar-refractivity contribution in [1.82, 2.24) is 10.2 Å². The van der Waals surface area contributed by atoms with Crippen molar-refractivity contribution in [2.45, 2.75) is 43.5 Å². The van der Waals surface area contributed by atoms with E-state index in [1.165, 1.54) is 31.2 Å². The Labute approximate surface area is 129 Å². The average Bonchev–Trinajstić information content (AvgIpc) is 3.20. The van der Waals surface area contributed by atoms with Crippen LogP contribution in [0.15, 0.2) is 16.8 Å². The highest BCUT2D eigenvalue weighted by Crippen LogP contribution is 2.30. The first-order valence-electron chi connectivity index (χ1n) is 7.46. The minimum absolute atomic E-state index is 0.335. The summed E-state index contributed by atoms with van der Waals surface area (Å²) in [7, 11) is 0. The molecule has 5 heteroatoms. The maximum atomic E-state index is 12.5. The van der Waals surface area contributed by atoms with Gasteiger partial charge in [-0.2, -0.15) is 11.3 Å². The number of rotatable bonds is 6. The zero-order valence-electron chi connectivity index (χ0n) is 11.7. The minimum Gasteiger partial charge on any atom is -0.335 e. The van der Waals surface area contributed by atoms with Gasteiger partial charge in [0.25, 0.3) is 0 Å². The van der Waals surface area contributed by atoms with E-state index >= 15 is 0 Å². The second-order valence-corrected chi connectivity index (χ2v) is 7.71. The fourth-order valence-corrected chi connectivity index (χ4v) is 4.39. The van der Waals surface area contributed by atoms with Gasteiger partial charge in [-0.05, 0) is 61.2 Å². The molecule has 1 aliphatic carbocycles. The van der Waals surface area contributed by atoms with E-state index in [1.807, 2.05) is 11.8 Å². The Morgan fingerprint density at radius 3 is 2.80 bits per heavy atom. The number of nitrogens with one attached hydrogen (secondary N) is 1. The predicted molar refractivity (Wildman–Crippen MR) is 86.2 cm³/mol. The number of piperidine rings is 1. The number of carbonyl (C=O) groups excluding carboxylic acids is 1. The highest BCUT2D eigenvalue weighted by Gasteiger charge is 2.32. The first-order chi connectivity index (χ1) is 9.83. The first kappa shape index (κ1) is 14.4. The molecule has 2 aliphatic rings. The number of amides is 1. The van der Waals surface area contributed by atoms with Gasteiger partial charge < -0.3 is 10.2 Å². The molecule has 3 nitrogen and oxygen atoms in total. The SMILES string of the molecule is O=C(CSC1CCNCC1)N(Cc1ccsc1)C1CC1. The van der Waals surface area contributed by atoms with Gasteiger partial charge in [0.05, 0.1) is 5.75 Å². The van der Waals surface area contributed by atoms with Crippen molar-refractivity contribution in [3.63, 3.8) is 0 Å². The van der Waals surface area contributed by atoms with Gasteiger partial charge >= 0.3 is 0 Å². The molecule has 1 N–H and O–H groups in total. The molecule has 1 saturated heterocycles. The average molecular weight is 310 g/mol. The van der Waals surface area contributed by atoms with Gasteiger partial charge in [-0.25, -0.2) is 0 Å². The summed E-state index contributed by atoms with van der Waals surface area (Å²) in [6.07, 6.45) is 4.78. The van der Waals surface area contributed by atoms with Gasteiger partial charge in [0.2, 0.25) is 5.91 Å². The molecular weight excluding hydrogens is 288 g/mol. The summed E-state index contributed by atoms with van der Waals surface area (Å²) in [5.74, 6) is 0.993. The summed E-state index contributed by atoms with van der Waals surface area (Å²) < 4.78 is 0. The molecule has 2 fully saturated rings. The van der Waals surface area contributed by atoms with E-state index in [4.69, 9.17) is 0 Å². The van der Waals surface area contributed by atoms with E-state index in [-0.39, 0.29) is 0 Å². The largest absolute Gasteiger partial charge is 0.335 e. The number of carbonyl (C=O) groups is 1. The van der Waals surface area contributed by atoms with Gasteiger partial charge in [-0.1, -0.05) is 0 Å². The number of hydrogen-bond donors (Lipinski definition) is 1. The number of thioether (sulfide) groups is 1. The summed E-state index contributed by atoms with van der Waals surface area (Å²) in [6.45, 7) is 3.01. The van der Waals surface area contributed by atoms with E-state index < -0.39 is 0 Å². The van der Waals surface area contributed by atoms with Crippen molar-refractivity contribution < 1.29 is 4.79 Å². The van der Waals surface area contributed by atoms with Crippen molar-refractivity contribution in [2.24, 2.45) is 0 Å². The van der Waals surface area contributed by atoms with Crippen LogP contribution in [-0.4, -0.2) is 40.9 Å². The maximum Gasteiger partial charge on any atom is 0.233 e. The number of hydrogen-bond acceptors (Lipinski definition) is 4. The Morgan fingerprint density at radius 1 is 1.35 bits per heavy atom. The van der Waals surface area contributed by atoms with Gasteiger partial charge in [-0.3, -0.25) is 4.79 Å². The molecular formula is C15H22N2OS2. The van der Waals surface area contributed by atoms with Crippen LogP contribution in [0.1, 0.15) is 31.2 Å². The molecule has 2 heterocycles. The monoisotopic (exact) mass is 310 g/mol. The van der Waals surface area contributed by atoms with Crippen LogP contribution in [0.4, 0.5) is 0 Å². The topological polar surface area (TPSA) is 32.3 Å². The summed E-state index contributed by atoms with van der Waals surface area (Å²) in [6, 6.07) is 2.64. The summed E-state index contributed by atoms with van der Waals surface area (Å²) in [5.41, 5.74) is 1.28. The highest BCUT2D eigenvalue weighted by molar-refractivity contribution is 8.00. The van der Waals surface area contributed by atoms with Crippen LogP contribution >= 0.6 is 23.1 Å². The Balaban J connectivity index is 1.50. The van der Waals surface area contributed by atoms with Crippen molar-refractivity contribution >= 4 is 29.0 Å². The van der Waals surface area contributed by atoms with E-state index in [1.54, 1.807) is 11.3 Å². The van der Waals surface area contributed by atoms with E-state index in [0.29, 0.717) is 23.0 Å². The minimum atomic E-state index is 0.335. The van der Waals surface area contributed by atoms with E-state index in [2.05, 4.69) is 27.0 Å². The van der Waals surface area contributed by atoms with Crippen LogP contribution in [0.25, 0.3) is 0 Å².